The van der Waals surface area contributed by atoms with E-state index in [0.717, 1.165) is 0 Å². The van der Waals surface area contributed by atoms with Crippen molar-refractivity contribution >= 4 is 0 Å². The van der Waals surface area contributed by atoms with Gasteiger partial charge in [-0.05, 0) is 0 Å². The minimum atomic E-state index is -0.525. The summed E-state index contributed by atoms with van der Waals surface area (Å²) >= 11 is 0. The standard InChI is InChI=1S/C5H8O3/c1-4-3-7-5(6-2)8-4/h5H,1,3H2,2H3. The summed E-state index contributed by atoms with van der Waals surface area (Å²) in [5.74, 6) is 0.622. The van der Waals surface area contributed by atoms with Crippen LogP contribution in [0.5, 0.6) is 0 Å². The van der Waals surface area contributed by atoms with E-state index in [0.29, 0.717) is 12.4 Å². The monoisotopic (exact) mass is 116 g/mol. The summed E-state index contributed by atoms with van der Waals surface area (Å²) in [6, 6.07) is 0. The average Bonchev–Trinajstić information content (AvgIpc) is 2.14. The third-order valence-corrected chi connectivity index (χ3v) is 0.836. The second-order valence-electron chi connectivity index (χ2n) is 1.49. The first-order valence-corrected chi connectivity index (χ1v) is 2.32. The Hall–Kier alpha value is -0.540. The van der Waals surface area contributed by atoms with Crippen LogP contribution >= 0.6 is 0 Å². The molecule has 0 N–H and O–H groups in total. The molecule has 1 aliphatic heterocycles. The van der Waals surface area contributed by atoms with Gasteiger partial charge in [-0.1, -0.05) is 6.58 Å². The summed E-state index contributed by atoms with van der Waals surface area (Å²) in [6.07, 6.45) is 0. The third kappa shape index (κ3) is 0.993. The fraction of sp³-hybridized carbons (Fsp3) is 0.600. The van der Waals surface area contributed by atoms with E-state index in [1.807, 2.05) is 0 Å². The lowest BCUT2D eigenvalue weighted by atomic mass is 10.6. The van der Waals surface area contributed by atoms with E-state index in [9.17, 15) is 0 Å². The van der Waals surface area contributed by atoms with Crippen LogP contribution in [0.2, 0.25) is 0 Å². The molecule has 0 aromatic rings. The largest absolute Gasteiger partial charge is 0.444 e. The molecule has 1 saturated heterocycles. The lowest BCUT2D eigenvalue weighted by Crippen LogP contribution is -2.08. The SMILES string of the molecule is C=C1COC(OC)O1. The van der Waals surface area contributed by atoms with Crippen molar-refractivity contribution in [3.63, 3.8) is 0 Å². The normalized spacial score (nSPS) is 28.1. The molecular weight excluding hydrogens is 108 g/mol. The molecule has 0 spiro atoms. The van der Waals surface area contributed by atoms with Gasteiger partial charge in [0.2, 0.25) is 0 Å². The predicted octanol–water partition coefficient (Wildman–Crippen LogP) is 0.477. The maximum Gasteiger partial charge on any atom is 0.315 e. The van der Waals surface area contributed by atoms with E-state index >= 15 is 0 Å². The van der Waals surface area contributed by atoms with Crippen LogP contribution in [0.3, 0.4) is 0 Å². The van der Waals surface area contributed by atoms with Crippen molar-refractivity contribution in [3.05, 3.63) is 12.3 Å². The Bertz CT molecular complexity index is 99.8. The van der Waals surface area contributed by atoms with E-state index in [1.54, 1.807) is 0 Å². The first-order valence-electron chi connectivity index (χ1n) is 2.32. The summed E-state index contributed by atoms with van der Waals surface area (Å²) in [4.78, 5) is 0. The zero-order chi connectivity index (χ0) is 5.98. The van der Waals surface area contributed by atoms with Gasteiger partial charge in [0, 0.05) is 7.11 Å². The molecule has 0 saturated carbocycles. The fourth-order valence-electron chi connectivity index (χ4n) is 0.481. The van der Waals surface area contributed by atoms with Crippen LogP contribution in [0.4, 0.5) is 0 Å². The van der Waals surface area contributed by atoms with Gasteiger partial charge in [-0.25, -0.2) is 0 Å². The van der Waals surface area contributed by atoms with Crippen LogP contribution in [-0.2, 0) is 14.2 Å². The van der Waals surface area contributed by atoms with Crippen LogP contribution < -0.4 is 0 Å². The van der Waals surface area contributed by atoms with Crippen LogP contribution in [0.15, 0.2) is 12.3 Å². The highest BCUT2D eigenvalue weighted by Gasteiger charge is 2.17. The van der Waals surface area contributed by atoms with Gasteiger partial charge in [-0.15, -0.1) is 0 Å². The van der Waals surface area contributed by atoms with Gasteiger partial charge in [0.15, 0.2) is 0 Å². The average molecular weight is 116 g/mol. The van der Waals surface area contributed by atoms with Crippen LogP contribution in [0.1, 0.15) is 0 Å². The van der Waals surface area contributed by atoms with Crippen molar-refractivity contribution in [3.8, 4) is 0 Å². The van der Waals surface area contributed by atoms with Gasteiger partial charge in [0.1, 0.15) is 12.4 Å². The molecule has 1 aliphatic rings. The highest BCUT2D eigenvalue weighted by atomic mass is 16.9. The lowest BCUT2D eigenvalue weighted by Gasteiger charge is -2.03. The Morgan fingerprint density at radius 1 is 1.88 bits per heavy atom. The minimum absolute atomic E-state index is 0.443. The van der Waals surface area contributed by atoms with Gasteiger partial charge in [0.25, 0.3) is 0 Å². The summed E-state index contributed by atoms with van der Waals surface area (Å²) in [6.45, 7) is 3.44. The van der Waals surface area contributed by atoms with Gasteiger partial charge in [-0.3, -0.25) is 0 Å². The minimum Gasteiger partial charge on any atom is -0.444 e. The molecule has 46 valence electrons. The zero-order valence-corrected chi connectivity index (χ0v) is 4.72. The van der Waals surface area contributed by atoms with E-state index < -0.39 is 6.48 Å². The van der Waals surface area contributed by atoms with Crippen molar-refractivity contribution < 1.29 is 14.2 Å². The Morgan fingerprint density at radius 3 is 2.88 bits per heavy atom. The topological polar surface area (TPSA) is 27.7 Å². The fourth-order valence-corrected chi connectivity index (χ4v) is 0.481. The second-order valence-corrected chi connectivity index (χ2v) is 1.49. The zero-order valence-electron chi connectivity index (χ0n) is 4.72. The van der Waals surface area contributed by atoms with E-state index in [-0.39, 0.29) is 0 Å². The Kier molecular flexibility index (Phi) is 1.50. The number of ether oxygens (including phenoxy) is 3. The number of rotatable bonds is 1. The van der Waals surface area contributed by atoms with Gasteiger partial charge in [-0.2, -0.15) is 0 Å². The van der Waals surface area contributed by atoms with Gasteiger partial charge in [0.05, 0.1) is 0 Å². The highest BCUT2D eigenvalue weighted by Crippen LogP contribution is 2.11. The van der Waals surface area contributed by atoms with Crippen molar-refractivity contribution in [2.75, 3.05) is 13.7 Å². The molecule has 1 atom stereocenters. The molecule has 1 fully saturated rings. The molecular formula is C5H8O3. The molecule has 1 unspecified atom stereocenters. The third-order valence-electron chi connectivity index (χ3n) is 0.836. The molecule has 0 aromatic carbocycles. The van der Waals surface area contributed by atoms with Crippen molar-refractivity contribution in [1.82, 2.24) is 0 Å². The summed E-state index contributed by atoms with van der Waals surface area (Å²) in [5.41, 5.74) is 0. The Morgan fingerprint density at radius 2 is 2.62 bits per heavy atom. The smallest absolute Gasteiger partial charge is 0.315 e. The highest BCUT2D eigenvalue weighted by molar-refractivity contribution is 4.84. The van der Waals surface area contributed by atoms with Crippen LogP contribution in [0.25, 0.3) is 0 Å². The first-order chi connectivity index (χ1) is 3.83. The number of hydrogen-bond donors (Lipinski definition) is 0. The van der Waals surface area contributed by atoms with E-state index in [4.69, 9.17) is 9.47 Å². The quantitative estimate of drug-likeness (QED) is 0.498. The van der Waals surface area contributed by atoms with Crippen LogP contribution in [0, 0.1) is 0 Å². The lowest BCUT2D eigenvalue weighted by molar-refractivity contribution is -0.208. The molecule has 0 radical (unpaired) electrons. The summed E-state index contributed by atoms with van der Waals surface area (Å²) in [7, 11) is 1.52. The van der Waals surface area contributed by atoms with Crippen LogP contribution in [-0.4, -0.2) is 20.2 Å². The molecule has 1 heterocycles. The summed E-state index contributed by atoms with van der Waals surface area (Å²) in [5, 5.41) is 0. The molecule has 0 bridgehead atoms. The molecule has 0 amide bonds. The maximum absolute atomic E-state index is 4.87. The Balaban J connectivity index is 2.32. The number of hydrogen-bond acceptors (Lipinski definition) is 3. The molecule has 8 heavy (non-hydrogen) atoms. The van der Waals surface area contributed by atoms with Crippen molar-refractivity contribution in [2.45, 2.75) is 6.48 Å². The molecule has 0 aliphatic carbocycles. The van der Waals surface area contributed by atoms with Gasteiger partial charge >= 0.3 is 6.48 Å². The van der Waals surface area contributed by atoms with Crippen molar-refractivity contribution in [2.24, 2.45) is 0 Å². The molecule has 1 rings (SSSR count). The molecule has 3 nitrogen and oxygen atoms in total. The van der Waals surface area contributed by atoms with Gasteiger partial charge < -0.3 is 14.2 Å². The van der Waals surface area contributed by atoms with E-state index in [2.05, 4.69) is 11.3 Å². The first kappa shape index (κ1) is 5.59. The molecule has 0 aromatic heterocycles. The number of methoxy groups -OCH3 is 1. The van der Waals surface area contributed by atoms with Crippen molar-refractivity contribution in [1.29, 1.82) is 0 Å². The van der Waals surface area contributed by atoms with E-state index in [1.165, 1.54) is 7.11 Å². The Labute approximate surface area is 47.8 Å². The summed E-state index contributed by atoms with van der Waals surface area (Å²) < 4.78 is 14.4. The molecule has 3 heteroatoms. The predicted molar refractivity (Wildman–Crippen MR) is 27.0 cm³/mol. The second kappa shape index (κ2) is 2.15. The maximum atomic E-state index is 4.87.